The summed E-state index contributed by atoms with van der Waals surface area (Å²) in [5.74, 6) is -3.49. The van der Waals surface area contributed by atoms with Crippen LogP contribution >= 0.6 is 0 Å². The van der Waals surface area contributed by atoms with Crippen LogP contribution in [0.2, 0.25) is 0 Å². The number of hydrogen-bond donors (Lipinski definition) is 1. The van der Waals surface area contributed by atoms with E-state index in [1.54, 1.807) is 31.2 Å². The number of benzene rings is 1. The van der Waals surface area contributed by atoms with Crippen molar-refractivity contribution in [3.63, 3.8) is 0 Å². The van der Waals surface area contributed by atoms with E-state index < -0.39 is 23.1 Å². The molecule has 2 aromatic rings. The van der Waals surface area contributed by atoms with Gasteiger partial charge in [0, 0.05) is 11.8 Å². The lowest BCUT2D eigenvalue weighted by molar-refractivity contribution is -0.0549. The molecule has 142 valence electrons. The lowest BCUT2D eigenvalue weighted by Gasteiger charge is -2.32. The fourth-order valence-electron chi connectivity index (χ4n) is 3.71. The predicted molar refractivity (Wildman–Crippen MR) is 96.3 cm³/mol. The Labute approximate surface area is 155 Å². The topological polar surface area (TPSA) is 78.9 Å². The van der Waals surface area contributed by atoms with Crippen LogP contribution in [0.15, 0.2) is 29.1 Å². The van der Waals surface area contributed by atoms with Crippen LogP contribution in [0.25, 0.3) is 5.69 Å². The highest BCUT2D eigenvalue weighted by atomic mass is 19.3. The summed E-state index contributed by atoms with van der Waals surface area (Å²) < 4.78 is 28.5. The molecule has 0 amide bonds. The molecule has 1 saturated carbocycles. The summed E-state index contributed by atoms with van der Waals surface area (Å²) in [4.78, 5) is 17.1. The van der Waals surface area contributed by atoms with Crippen molar-refractivity contribution in [1.29, 1.82) is 5.26 Å². The number of alkyl halides is 2. The van der Waals surface area contributed by atoms with Crippen LogP contribution in [0.5, 0.6) is 5.75 Å². The van der Waals surface area contributed by atoms with Crippen LogP contribution in [0.4, 0.5) is 8.78 Å². The van der Waals surface area contributed by atoms with Crippen LogP contribution in [0, 0.1) is 24.2 Å². The van der Waals surface area contributed by atoms with Gasteiger partial charge in [-0.25, -0.2) is 13.8 Å². The minimum absolute atomic E-state index is 0.147. The van der Waals surface area contributed by atoms with Crippen molar-refractivity contribution < 1.29 is 13.9 Å². The molecule has 0 aliphatic heterocycles. The van der Waals surface area contributed by atoms with Crippen molar-refractivity contribution in [3.05, 3.63) is 51.7 Å². The normalized spacial score (nSPS) is 20.3. The molecule has 0 radical (unpaired) electrons. The van der Waals surface area contributed by atoms with Crippen molar-refractivity contribution in [2.24, 2.45) is 5.92 Å². The molecule has 0 spiro atoms. The summed E-state index contributed by atoms with van der Waals surface area (Å²) in [6, 6.07) is 8.41. The molecule has 1 aliphatic rings. The van der Waals surface area contributed by atoms with Crippen molar-refractivity contribution in [1.82, 2.24) is 9.55 Å². The summed E-state index contributed by atoms with van der Waals surface area (Å²) in [5, 5.41) is 19.0. The maximum absolute atomic E-state index is 13.6. The van der Waals surface area contributed by atoms with E-state index in [4.69, 9.17) is 5.26 Å². The van der Waals surface area contributed by atoms with E-state index in [1.807, 2.05) is 6.07 Å². The third-order valence-corrected chi connectivity index (χ3v) is 5.32. The van der Waals surface area contributed by atoms with Gasteiger partial charge in [-0.15, -0.1) is 0 Å². The Morgan fingerprint density at radius 2 is 1.81 bits per heavy atom. The molecule has 0 saturated heterocycles. The predicted octanol–water partition coefficient (Wildman–Crippen LogP) is 4.05. The highest BCUT2D eigenvalue weighted by Gasteiger charge is 2.38. The second kappa shape index (κ2) is 7.10. The largest absolute Gasteiger partial charge is 0.502 e. The average Bonchev–Trinajstić information content (AvgIpc) is 2.65. The molecule has 0 atom stereocenters. The molecule has 1 aromatic carbocycles. The maximum atomic E-state index is 13.6. The monoisotopic (exact) mass is 373 g/mol. The zero-order valence-corrected chi connectivity index (χ0v) is 15.2. The minimum atomic E-state index is -2.71. The van der Waals surface area contributed by atoms with E-state index in [1.165, 1.54) is 4.57 Å². The Balaban J connectivity index is 2.03. The van der Waals surface area contributed by atoms with Crippen molar-refractivity contribution in [2.75, 3.05) is 0 Å². The molecule has 1 heterocycles. The molecule has 3 rings (SSSR count). The van der Waals surface area contributed by atoms with Crippen molar-refractivity contribution in [2.45, 2.75) is 51.4 Å². The third-order valence-electron chi connectivity index (χ3n) is 5.32. The first-order valence-corrected chi connectivity index (χ1v) is 8.93. The van der Waals surface area contributed by atoms with E-state index in [-0.39, 0.29) is 11.6 Å². The van der Waals surface area contributed by atoms with Crippen molar-refractivity contribution in [3.8, 4) is 17.5 Å². The highest BCUT2D eigenvalue weighted by Crippen LogP contribution is 2.42. The van der Waals surface area contributed by atoms with E-state index in [0.29, 0.717) is 42.8 Å². The van der Waals surface area contributed by atoms with Crippen molar-refractivity contribution >= 4 is 0 Å². The number of nitrogens with zero attached hydrogens (tertiary/aromatic N) is 3. The molecule has 1 N–H and O–H groups in total. The molecular weight excluding hydrogens is 352 g/mol. The van der Waals surface area contributed by atoms with E-state index in [9.17, 15) is 18.7 Å². The standard InChI is InChI=1S/C20H21F2N3O2/c1-12-17(26)19(27)25(16-9-3-13(11-23)4-10-16)18(24-12)14-5-7-15(8-6-14)20(2,21)22/h3-4,9-10,14-15,26H,5-8H2,1-2H3. The summed E-state index contributed by atoms with van der Waals surface area (Å²) >= 11 is 0. The van der Waals surface area contributed by atoms with Crippen LogP contribution in [0.1, 0.15) is 55.6 Å². The minimum Gasteiger partial charge on any atom is -0.502 e. The van der Waals surface area contributed by atoms with Gasteiger partial charge < -0.3 is 5.11 Å². The molecular formula is C20H21F2N3O2. The van der Waals surface area contributed by atoms with Gasteiger partial charge in [0.2, 0.25) is 11.7 Å². The molecule has 5 nitrogen and oxygen atoms in total. The Kier molecular flexibility index (Phi) is 5.01. The Morgan fingerprint density at radius 1 is 1.22 bits per heavy atom. The molecule has 1 fully saturated rings. The number of aromatic hydroxyl groups is 1. The fraction of sp³-hybridized carbons (Fsp3) is 0.450. The van der Waals surface area contributed by atoms with E-state index in [2.05, 4.69) is 4.98 Å². The van der Waals surface area contributed by atoms with E-state index in [0.717, 1.165) is 6.92 Å². The van der Waals surface area contributed by atoms with Crippen LogP contribution < -0.4 is 5.56 Å². The van der Waals surface area contributed by atoms with Gasteiger partial charge in [-0.05, 0) is 63.8 Å². The highest BCUT2D eigenvalue weighted by molar-refractivity contribution is 5.42. The first-order chi connectivity index (χ1) is 12.7. The number of aryl methyl sites for hydroxylation is 1. The molecule has 0 unspecified atom stereocenters. The lowest BCUT2D eigenvalue weighted by Crippen LogP contribution is -2.31. The quantitative estimate of drug-likeness (QED) is 0.880. The van der Waals surface area contributed by atoms with Gasteiger partial charge in [0.05, 0.1) is 23.0 Å². The summed E-state index contributed by atoms with van der Waals surface area (Å²) in [5.41, 5.74) is 0.566. The fourth-order valence-corrected chi connectivity index (χ4v) is 3.71. The molecule has 7 heteroatoms. The maximum Gasteiger partial charge on any atom is 0.300 e. The Bertz CT molecular complexity index is 932. The number of halogens is 2. The average molecular weight is 373 g/mol. The zero-order chi connectivity index (χ0) is 19.8. The van der Waals surface area contributed by atoms with Crippen LogP contribution in [-0.2, 0) is 0 Å². The smallest absolute Gasteiger partial charge is 0.300 e. The second-order valence-corrected chi connectivity index (χ2v) is 7.21. The molecule has 1 aliphatic carbocycles. The summed E-state index contributed by atoms with van der Waals surface area (Å²) in [7, 11) is 0. The Hall–Kier alpha value is -2.75. The molecule has 27 heavy (non-hydrogen) atoms. The van der Waals surface area contributed by atoms with Gasteiger partial charge in [0.1, 0.15) is 5.82 Å². The lowest BCUT2D eigenvalue weighted by atomic mass is 9.79. The van der Waals surface area contributed by atoms with Gasteiger partial charge in [-0.1, -0.05) is 0 Å². The van der Waals surface area contributed by atoms with Crippen LogP contribution in [0.3, 0.4) is 0 Å². The first kappa shape index (κ1) is 19.0. The van der Waals surface area contributed by atoms with Gasteiger partial charge in [-0.2, -0.15) is 5.26 Å². The first-order valence-electron chi connectivity index (χ1n) is 8.93. The number of rotatable bonds is 3. The van der Waals surface area contributed by atoms with Gasteiger partial charge in [-0.3, -0.25) is 9.36 Å². The molecule has 1 aromatic heterocycles. The van der Waals surface area contributed by atoms with Gasteiger partial charge in [0.25, 0.3) is 0 Å². The van der Waals surface area contributed by atoms with Gasteiger partial charge in [0.15, 0.2) is 0 Å². The third kappa shape index (κ3) is 3.70. The molecule has 0 bridgehead atoms. The van der Waals surface area contributed by atoms with E-state index >= 15 is 0 Å². The van der Waals surface area contributed by atoms with Gasteiger partial charge >= 0.3 is 5.56 Å². The zero-order valence-electron chi connectivity index (χ0n) is 15.2. The second-order valence-electron chi connectivity index (χ2n) is 7.21. The van der Waals surface area contributed by atoms with Crippen LogP contribution in [-0.4, -0.2) is 20.6 Å². The summed E-state index contributed by atoms with van der Waals surface area (Å²) in [6.45, 7) is 2.50. The SMILES string of the molecule is Cc1nc(C2CCC(C(C)(F)F)CC2)n(-c2ccc(C#N)cc2)c(=O)c1O. The number of nitriles is 1. The summed E-state index contributed by atoms with van der Waals surface area (Å²) in [6.07, 6.45) is 1.72. The number of aromatic nitrogens is 2. The number of hydrogen-bond acceptors (Lipinski definition) is 4. The Morgan fingerprint density at radius 3 is 2.33 bits per heavy atom.